The van der Waals surface area contributed by atoms with Gasteiger partial charge in [0.15, 0.2) is 5.96 Å². The molecule has 3 heterocycles. The van der Waals surface area contributed by atoms with Crippen LogP contribution in [-0.4, -0.2) is 64.1 Å². The van der Waals surface area contributed by atoms with Crippen LogP contribution in [0.5, 0.6) is 0 Å². The summed E-state index contributed by atoms with van der Waals surface area (Å²) in [5.74, 6) is 0.803. The third-order valence-electron chi connectivity index (χ3n) is 5.20. The summed E-state index contributed by atoms with van der Waals surface area (Å²) in [5, 5.41) is 8.49. The fourth-order valence-electron chi connectivity index (χ4n) is 3.63. The minimum atomic E-state index is -0.805. The summed E-state index contributed by atoms with van der Waals surface area (Å²) in [5.41, 5.74) is -0.805. The van der Waals surface area contributed by atoms with Crippen LogP contribution in [0.15, 0.2) is 23.7 Å². The molecule has 1 atom stereocenters. The first kappa shape index (κ1) is 21.5. The molecule has 3 amide bonds. The van der Waals surface area contributed by atoms with E-state index in [1.54, 1.807) is 12.5 Å². The second-order valence-corrected chi connectivity index (χ2v) is 6.91. The number of piperidine rings is 1. The maximum Gasteiger partial charge on any atom is 0.322 e. The van der Waals surface area contributed by atoms with E-state index >= 15 is 0 Å². The second kappa shape index (κ2) is 9.38. The number of aromatic nitrogens is 2. The van der Waals surface area contributed by atoms with Crippen molar-refractivity contribution >= 4 is 41.9 Å². The molecule has 0 saturated carbocycles. The molecule has 2 aliphatic heterocycles. The number of carbonyl (C=O) groups excluding carboxylic acids is 2. The number of imide groups is 1. The number of halogens is 1. The fraction of sp³-hybridized carbons (Fsp3) is 0.647. The van der Waals surface area contributed by atoms with Crippen LogP contribution in [0.25, 0.3) is 0 Å². The largest absolute Gasteiger partial charge is 0.357 e. The minimum Gasteiger partial charge on any atom is -0.357 e. The average molecular weight is 489 g/mol. The molecule has 0 radical (unpaired) electrons. The molecule has 2 fully saturated rings. The first-order chi connectivity index (χ1) is 12.5. The lowest BCUT2D eigenvalue weighted by Crippen LogP contribution is -2.55. The highest BCUT2D eigenvalue weighted by molar-refractivity contribution is 14.0. The topological polar surface area (TPSA) is 104 Å². The van der Waals surface area contributed by atoms with Crippen molar-refractivity contribution in [1.29, 1.82) is 0 Å². The predicted octanol–water partition coefficient (Wildman–Crippen LogP) is 0.777. The number of nitrogens with one attached hydrogen (secondary N) is 3. The van der Waals surface area contributed by atoms with Gasteiger partial charge in [-0.2, -0.15) is 0 Å². The number of nitrogens with zero attached hydrogens (tertiary/aromatic N) is 4. The molecule has 2 aliphatic rings. The van der Waals surface area contributed by atoms with Gasteiger partial charge in [-0.1, -0.05) is 0 Å². The van der Waals surface area contributed by atoms with E-state index in [-0.39, 0.29) is 35.8 Å². The second-order valence-electron chi connectivity index (χ2n) is 6.91. The molecule has 10 heteroatoms. The van der Waals surface area contributed by atoms with E-state index < -0.39 is 11.6 Å². The summed E-state index contributed by atoms with van der Waals surface area (Å²) in [4.78, 5) is 34.6. The Morgan fingerprint density at radius 2 is 2.15 bits per heavy atom. The molecule has 0 spiro atoms. The summed E-state index contributed by atoms with van der Waals surface area (Å²) in [6.45, 7) is 7.75. The normalized spacial score (nSPS) is 23.6. The minimum absolute atomic E-state index is 0. The van der Waals surface area contributed by atoms with Crippen molar-refractivity contribution in [3.63, 3.8) is 0 Å². The average Bonchev–Trinajstić information content (AvgIpc) is 3.23. The number of amides is 3. The first-order valence-corrected chi connectivity index (χ1v) is 9.15. The van der Waals surface area contributed by atoms with E-state index in [1.165, 1.54) is 0 Å². The zero-order chi connectivity index (χ0) is 18.6. The Morgan fingerprint density at radius 1 is 1.41 bits per heavy atom. The predicted molar refractivity (Wildman–Crippen MR) is 113 cm³/mol. The van der Waals surface area contributed by atoms with Gasteiger partial charge in [0.05, 0.1) is 12.9 Å². The van der Waals surface area contributed by atoms with E-state index in [0.29, 0.717) is 6.54 Å². The number of likely N-dealkylation sites (tertiary alicyclic amines) is 1. The van der Waals surface area contributed by atoms with Gasteiger partial charge in [-0.05, 0) is 32.6 Å². The number of hydrogen-bond donors (Lipinski definition) is 3. The molecule has 0 bridgehead atoms. The SMILES string of the molecule is CCNC(=NCCn1ccnc1)N1CCC(C2(C)NC(=O)NC2=O)CC1.I. The molecular weight excluding hydrogens is 461 g/mol. The third kappa shape index (κ3) is 4.90. The van der Waals surface area contributed by atoms with Crippen molar-refractivity contribution < 1.29 is 9.59 Å². The summed E-state index contributed by atoms with van der Waals surface area (Å²) in [7, 11) is 0. The zero-order valence-electron chi connectivity index (χ0n) is 15.8. The molecule has 3 N–H and O–H groups in total. The Kier molecular flexibility index (Phi) is 7.45. The van der Waals surface area contributed by atoms with Gasteiger partial charge in [0, 0.05) is 38.6 Å². The number of guanidine groups is 1. The van der Waals surface area contributed by atoms with Gasteiger partial charge < -0.3 is 20.1 Å². The van der Waals surface area contributed by atoms with Crippen LogP contribution in [0.1, 0.15) is 26.7 Å². The summed E-state index contributed by atoms with van der Waals surface area (Å²) in [6, 6.07) is -0.394. The van der Waals surface area contributed by atoms with E-state index in [1.807, 2.05) is 17.7 Å². The lowest BCUT2D eigenvalue weighted by Gasteiger charge is -2.39. The highest BCUT2D eigenvalue weighted by Gasteiger charge is 2.48. The van der Waals surface area contributed by atoms with Crippen LogP contribution in [0.2, 0.25) is 0 Å². The molecule has 0 aliphatic carbocycles. The Labute approximate surface area is 176 Å². The molecule has 1 unspecified atom stereocenters. The standard InChI is InChI=1S/C17H27N7O2.HI/c1-3-19-15(20-7-11-23-10-6-18-12-23)24-8-4-13(5-9-24)17(2)14(25)21-16(26)22-17;/h6,10,12-13H,3-5,7-9,11H2,1-2H3,(H,19,20)(H2,21,22,25,26);1H. The molecule has 1 aromatic heterocycles. The smallest absolute Gasteiger partial charge is 0.322 e. The number of hydrogen-bond acceptors (Lipinski definition) is 4. The Hall–Kier alpha value is -1.85. The molecule has 9 nitrogen and oxygen atoms in total. The highest BCUT2D eigenvalue weighted by Crippen LogP contribution is 2.30. The van der Waals surface area contributed by atoms with Crippen molar-refractivity contribution in [2.24, 2.45) is 10.9 Å². The molecule has 1 aromatic rings. The number of aliphatic imine (C=N–C) groups is 1. The first-order valence-electron chi connectivity index (χ1n) is 9.15. The Bertz CT molecular complexity index is 671. The highest BCUT2D eigenvalue weighted by atomic mass is 127. The van der Waals surface area contributed by atoms with E-state index in [0.717, 1.165) is 45.0 Å². The third-order valence-corrected chi connectivity index (χ3v) is 5.20. The Morgan fingerprint density at radius 3 is 2.70 bits per heavy atom. The van der Waals surface area contributed by atoms with Gasteiger partial charge in [-0.3, -0.25) is 15.1 Å². The van der Waals surface area contributed by atoms with Crippen molar-refractivity contribution in [3.8, 4) is 0 Å². The maximum absolute atomic E-state index is 12.1. The number of imidazole rings is 1. The molecule has 2 saturated heterocycles. The van der Waals surface area contributed by atoms with Crippen LogP contribution in [0, 0.1) is 5.92 Å². The molecule has 0 aromatic carbocycles. The molecular formula is C17H28IN7O2. The van der Waals surface area contributed by atoms with Crippen LogP contribution in [0.3, 0.4) is 0 Å². The molecule has 150 valence electrons. The van der Waals surface area contributed by atoms with Gasteiger partial charge in [-0.25, -0.2) is 9.78 Å². The quantitative estimate of drug-likeness (QED) is 0.246. The summed E-state index contributed by atoms with van der Waals surface area (Å²) < 4.78 is 2.00. The summed E-state index contributed by atoms with van der Waals surface area (Å²) >= 11 is 0. The van der Waals surface area contributed by atoms with Crippen LogP contribution >= 0.6 is 24.0 Å². The monoisotopic (exact) mass is 489 g/mol. The van der Waals surface area contributed by atoms with E-state index in [2.05, 4.69) is 32.8 Å². The summed E-state index contributed by atoms with van der Waals surface area (Å²) in [6.07, 6.45) is 7.13. The maximum atomic E-state index is 12.1. The van der Waals surface area contributed by atoms with Gasteiger partial charge in [0.1, 0.15) is 5.54 Å². The number of carbonyl (C=O) groups is 2. The number of urea groups is 1. The van der Waals surface area contributed by atoms with E-state index in [9.17, 15) is 9.59 Å². The van der Waals surface area contributed by atoms with Crippen molar-refractivity contribution in [2.75, 3.05) is 26.2 Å². The molecule has 3 rings (SSSR count). The van der Waals surface area contributed by atoms with Gasteiger partial charge >= 0.3 is 6.03 Å². The van der Waals surface area contributed by atoms with Gasteiger partial charge in [0.25, 0.3) is 5.91 Å². The van der Waals surface area contributed by atoms with Crippen LogP contribution < -0.4 is 16.0 Å². The van der Waals surface area contributed by atoms with Crippen LogP contribution in [0.4, 0.5) is 4.79 Å². The Balaban J connectivity index is 0.00000261. The van der Waals surface area contributed by atoms with Crippen molar-refractivity contribution in [1.82, 2.24) is 30.4 Å². The zero-order valence-corrected chi connectivity index (χ0v) is 18.1. The van der Waals surface area contributed by atoms with Gasteiger partial charge in [0.2, 0.25) is 0 Å². The lowest BCUT2D eigenvalue weighted by molar-refractivity contribution is -0.125. The van der Waals surface area contributed by atoms with Gasteiger partial charge in [-0.15, -0.1) is 24.0 Å². The number of rotatable bonds is 5. The van der Waals surface area contributed by atoms with E-state index in [4.69, 9.17) is 4.99 Å². The lowest BCUT2D eigenvalue weighted by atomic mass is 9.79. The molecule has 27 heavy (non-hydrogen) atoms. The van der Waals surface area contributed by atoms with Crippen LogP contribution in [-0.2, 0) is 11.3 Å². The van der Waals surface area contributed by atoms with Crippen molar-refractivity contribution in [3.05, 3.63) is 18.7 Å². The fourth-order valence-corrected chi connectivity index (χ4v) is 3.63. The van der Waals surface area contributed by atoms with Crippen molar-refractivity contribution in [2.45, 2.75) is 38.8 Å².